The van der Waals surface area contributed by atoms with Crippen molar-refractivity contribution in [1.82, 2.24) is 0 Å². The van der Waals surface area contributed by atoms with Gasteiger partial charge in [0.1, 0.15) is 5.82 Å². The fourth-order valence-corrected chi connectivity index (χ4v) is 1.46. The van der Waals surface area contributed by atoms with Crippen LogP contribution >= 0.6 is 0 Å². The summed E-state index contributed by atoms with van der Waals surface area (Å²) in [6.45, 7) is 3.39. The summed E-state index contributed by atoms with van der Waals surface area (Å²) >= 11 is 0. The molecule has 0 saturated carbocycles. The Balaban J connectivity index is 3.28. The first-order valence-corrected chi connectivity index (χ1v) is 4.60. The minimum absolute atomic E-state index is 0.159. The Morgan fingerprint density at radius 1 is 1.38 bits per heavy atom. The first kappa shape index (κ1) is 12.7. The molecule has 0 unspecified atom stereocenters. The van der Waals surface area contributed by atoms with Gasteiger partial charge in [0.2, 0.25) is 0 Å². The van der Waals surface area contributed by atoms with E-state index in [0.29, 0.717) is 0 Å². The summed E-state index contributed by atoms with van der Waals surface area (Å²) < 4.78 is 50.9. The van der Waals surface area contributed by atoms with E-state index in [1.54, 1.807) is 0 Å². The maximum atomic E-state index is 13.1. The molecule has 0 aliphatic carbocycles. The van der Waals surface area contributed by atoms with Gasteiger partial charge in [-0.1, -0.05) is 18.2 Å². The van der Waals surface area contributed by atoms with Crippen LogP contribution < -0.4 is 5.73 Å². The summed E-state index contributed by atoms with van der Waals surface area (Å²) in [5, 5.41) is 0. The Morgan fingerprint density at radius 2 is 2.00 bits per heavy atom. The predicted molar refractivity (Wildman–Crippen MR) is 53.1 cm³/mol. The summed E-state index contributed by atoms with van der Waals surface area (Å²) in [5.41, 5.74) is 4.00. The largest absolute Gasteiger partial charge is 0.419 e. The van der Waals surface area contributed by atoms with Crippen LogP contribution in [0.15, 0.2) is 30.9 Å². The monoisotopic (exact) mass is 233 g/mol. The molecule has 5 heteroatoms. The number of rotatable bonds is 3. The molecule has 0 spiro atoms. The van der Waals surface area contributed by atoms with Crippen molar-refractivity contribution in [2.45, 2.75) is 18.6 Å². The highest BCUT2D eigenvalue weighted by Crippen LogP contribution is 2.36. The molecule has 1 nitrogen and oxygen atoms in total. The molecule has 1 aromatic carbocycles. The summed E-state index contributed by atoms with van der Waals surface area (Å²) in [5.74, 6) is -1.30. The molecular weight excluding hydrogens is 222 g/mol. The van der Waals surface area contributed by atoms with Crippen LogP contribution in [0.2, 0.25) is 0 Å². The van der Waals surface area contributed by atoms with Gasteiger partial charge in [0.05, 0.1) is 5.56 Å². The Labute approximate surface area is 90.6 Å². The van der Waals surface area contributed by atoms with Crippen LogP contribution in [0.25, 0.3) is 0 Å². The third-order valence-electron chi connectivity index (χ3n) is 2.15. The van der Waals surface area contributed by atoms with Crippen molar-refractivity contribution in [2.75, 3.05) is 0 Å². The second-order valence-corrected chi connectivity index (χ2v) is 3.33. The first-order valence-electron chi connectivity index (χ1n) is 4.60. The second-order valence-electron chi connectivity index (χ2n) is 3.33. The summed E-state index contributed by atoms with van der Waals surface area (Å²) in [6.07, 6.45) is -3.18. The van der Waals surface area contributed by atoms with Crippen LogP contribution in [0.5, 0.6) is 0 Å². The molecule has 1 atom stereocenters. The average Bonchev–Trinajstić information content (AvgIpc) is 2.15. The third kappa shape index (κ3) is 2.61. The van der Waals surface area contributed by atoms with Crippen molar-refractivity contribution in [2.24, 2.45) is 5.73 Å². The summed E-state index contributed by atoms with van der Waals surface area (Å²) in [4.78, 5) is 0. The third-order valence-corrected chi connectivity index (χ3v) is 2.15. The predicted octanol–water partition coefficient (Wildman–Crippen LogP) is 3.42. The number of alkyl halides is 3. The zero-order valence-corrected chi connectivity index (χ0v) is 8.39. The zero-order chi connectivity index (χ0) is 12.3. The molecule has 0 radical (unpaired) electrons. The van der Waals surface area contributed by atoms with Crippen LogP contribution in [0.1, 0.15) is 23.6 Å². The van der Waals surface area contributed by atoms with E-state index in [1.807, 2.05) is 0 Å². The van der Waals surface area contributed by atoms with Gasteiger partial charge in [0, 0.05) is 6.04 Å². The van der Waals surface area contributed by atoms with E-state index in [-0.39, 0.29) is 12.0 Å². The lowest BCUT2D eigenvalue weighted by Gasteiger charge is -2.17. The Kier molecular flexibility index (Phi) is 3.70. The van der Waals surface area contributed by atoms with Gasteiger partial charge in [-0.05, 0) is 18.1 Å². The maximum Gasteiger partial charge on any atom is 0.419 e. The average molecular weight is 233 g/mol. The smallest absolute Gasteiger partial charge is 0.324 e. The molecule has 1 rings (SSSR count). The normalized spacial score (nSPS) is 13.6. The lowest BCUT2D eigenvalue weighted by molar-refractivity contribution is -0.140. The minimum Gasteiger partial charge on any atom is -0.324 e. The number of benzene rings is 1. The SMILES string of the molecule is C=CC[C@H](N)c1cccc(F)c1C(F)(F)F. The van der Waals surface area contributed by atoms with E-state index in [4.69, 9.17) is 5.73 Å². The molecule has 88 valence electrons. The van der Waals surface area contributed by atoms with Crippen LogP contribution in [0, 0.1) is 5.82 Å². The fourth-order valence-electron chi connectivity index (χ4n) is 1.46. The number of hydrogen-bond donors (Lipinski definition) is 1. The van der Waals surface area contributed by atoms with Crippen molar-refractivity contribution in [3.05, 3.63) is 47.8 Å². The van der Waals surface area contributed by atoms with Gasteiger partial charge in [-0.15, -0.1) is 6.58 Å². The van der Waals surface area contributed by atoms with Crippen molar-refractivity contribution in [1.29, 1.82) is 0 Å². The molecule has 0 heterocycles. The van der Waals surface area contributed by atoms with Gasteiger partial charge in [-0.2, -0.15) is 13.2 Å². The number of halogens is 4. The van der Waals surface area contributed by atoms with Crippen molar-refractivity contribution >= 4 is 0 Å². The van der Waals surface area contributed by atoms with Crippen molar-refractivity contribution < 1.29 is 17.6 Å². The van der Waals surface area contributed by atoms with Crippen molar-refractivity contribution in [3.8, 4) is 0 Å². The van der Waals surface area contributed by atoms with Gasteiger partial charge < -0.3 is 5.73 Å². The van der Waals surface area contributed by atoms with E-state index < -0.39 is 23.6 Å². The fraction of sp³-hybridized carbons (Fsp3) is 0.273. The maximum absolute atomic E-state index is 13.1. The Bertz CT molecular complexity index is 384. The second kappa shape index (κ2) is 4.65. The molecule has 0 fully saturated rings. The van der Waals surface area contributed by atoms with Gasteiger partial charge in [-0.25, -0.2) is 4.39 Å². The molecule has 0 saturated heterocycles. The molecule has 1 aromatic rings. The topological polar surface area (TPSA) is 26.0 Å². The van der Waals surface area contributed by atoms with E-state index in [2.05, 4.69) is 6.58 Å². The highest BCUT2D eigenvalue weighted by atomic mass is 19.4. The van der Waals surface area contributed by atoms with Crippen LogP contribution in [-0.4, -0.2) is 0 Å². The quantitative estimate of drug-likeness (QED) is 0.628. The van der Waals surface area contributed by atoms with Crippen LogP contribution in [0.4, 0.5) is 17.6 Å². The highest BCUT2D eigenvalue weighted by Gasteiger charge is 2.37. The molecule has 16 heavy (non-hydrogen) atoms. The number of hydrogen-bond acceptors (Lipinski definition) is 1. The van der Waals surface area contributed by atoms with Crippen LogP contribution in [-0.2, 0) is 6.18 Å². The zero-order valence-electron chi connectivity index (χ0n) is 8.39. The molecule has 0 bridgehead atoms. The number of nitrogens with two attached hydrogens (primary N) is 1. The summed E-state index contributed by atoms with van der Waals surface area (Å²) in [6, 6.07) is 2.26. The molecule has 0 aliphatic heterocycles. The molecular formula is C11H11F4N. The van der Waals surface area contributed by atoms with E-state index >= 15 is 0 Å². The molecule has 0 aromatic heterocycles. The van der Waals surface area contributed by atoms with Crippen molar-refractivity contribution in [3.63, 3.8) is 0 Å². The van der Waals surface area contributed by atoms with Crippen LogP contribution in [0.3, 0.4) is 0 Å². The van der Waals surface area contributed by atoms with E-state index in [0.717, 1.165) is 6.07 Å². The summed E-state index contributed by atoms with van der Waals surface area (Å²) in [7, 11) is 0. The Morgan fingerprint density at radius 3 is 2.50 bits per heavy atom. The van der Waals surface area contributed by atoms with Gasteiger partial charge in [0.15, 0.2) is 0 Å². The minimum atomic E-state index is -4.74. The Hall–Kier alpha value is -1.36. The van der Waals surface area contributed by atoms with E-state index in [1.165, 1.54) is 18.2 Å². The molecule has 2 N–H and O–H groups in total. The first-order chi connectivity index (χ1) is 7.38. The molecule has 0 amide bonds. The lowest BCUT2D eigenvalue weighted by Crippen LogP contribution is -2.18. The highest BCUT2D eigenvalue weighted by molar-refractivity contribution is 5.33. The standard InChI is InChI=1S/C11H11F4N/c1-2-4-9(16)7-5-3-6-8(12)10(7)11(13,14)15/h2-3,5-6,9H,1,4,16H2/t9-/m0/s1. The van der Waals surface area contributed by atoms with Gasteiger partial charge in [-0.3, -0.25) is 0 Å². The van der Waals surface area contributed by atoms with Gasteiger partial charge >= 0.3 is 6.18 Å². The van der Waals surface area contributed by atoms with E-state index in [9.17, 15) is 17.6 Å². The van der Waals surface area contributed by atoms with Gasteiger partial charge in [0.25, 0.3) is 0 Å². The molecule has 0 aliphatic rings. The lowest BCUT2D eigenvalue weighted by atomic mass is 9.98.